The van der Waals surface area contributed by atoms with Gasteiger partial charge in [-0.15, -0.1) is 0 Å². The van der Waals surface area contributed by atoms with E-state index >= 15 is 0 Å². The number of carbonyl (C=O) groups excluding carboxylic acids is 1. The fourth-order valence-electron chi connectivity index (χ4n) is 2.90. The van der Waals surface area contributed by atoms with E-state index in [1.807, 2.05) is 42.5 Å². The first-order chi connectivity index (χ1) is 13.3. The zero-order valence-corrected chi connectivity index (χ0v) is 17.0. The quantitative estimate of drug-likeness (QED) is 0.661. The Morgan fingerprint density at radius 2 is 1.57 bits per heavy atom. The Morgan fingerprint density at radius 1 is 0.893 bits per heavy atom. The van der Waals surface area contributed by atoms with Gasteiger partial charge in [0.2, 0.25) is 10.0 Å². The molecule has 28 heavy (non-hydrogen) atoms. The number of fused-ring (bicyclic) bond motifs is 1. The van der Waals surface area contributed by atoms with Gasteiger partial charge in [0.25, 0.3) is 5.91 Å². The lowest BCUT2D eigenvalue weighted by Crippen LogP contribution is -2.27. The van der Waals surface area contributed by atoms with E-state index in [4.69, 9.17) is 4.74 Å². The van der Waals surface area contributed by atoms with Gasteiger partial charge in [-0.1, -0.05) is 30.3 Å². The van der Waals surface area contributed by atoms with Crippen molar-refractivity contribution in [2.24, 2.45) is 0 Å². The van der Waals surface area contributed by atoms with E-state index < -0.39 is 10.0 Å². The number of rotatable bonds is 5. The average Bonchev–Trinajstić information content (AvgIpc) is 2.71. The number of hydrogen-bond donors (Lipinski definition) is 0. The summed E-state index contributed by atoms with van der Waals surface area (Å²) in [5, 5.41) is 2.10. The lowest BCUT2D eigenvalue weighted by atomic mass is 10.1. The Kier molecular flexibility index (Phi) is 5.40. The van der Waals surface area contributed by atoms with E-state index in [0.29, 0.717) is 0 Å². The minimum absolute atomic E-state index is 0.0437. The number of nitrogens with zero attached hydrogens (tertiary/aromatic N) is 2. The summed E-state index contributed by atoms with van der Waals surface area (Å²) in [6.45, 7) is 0. The van der Waals surface area contributed by atoms with Crippen molar-refractivity contribution < 1.29 is 17.9 Å². The van der Waals surface area contributed by atoms with Crippen molar-refractivity contribution in [1.82, 2.24) is 4.31 Å². The Hall–Kier alpha value is -2.90. The largest absolute Gasteiger partial charge is 0.495 e. The summed E-state index contributed by atoms with van der Waals surface area (Å²) in [6.07, 6.45) is 0. The van der Waals surface area contributed by atoms with Gasteiger partial charge in [-0.25, -0.2) is 12.7 Å². The summed E-state index contributed by atoms with van der Waals surface area (Å²) < 4.78 is 31.5. The van der Waals surface area contributed by atoms with Gasteiger partial charge in [0, 0.05) is 32.4 Å². The molecule has 0 atom stereocenters. The highest BCUT2D eigenvalue weighted by molar-refractivity contribution is 7.89. The molecule has 3 aromatic carbocycles. The number of anilines is 1. The first-order valence-electron chi connectivity index (χ1n) is 8.63. The fourth-order valence-corrected chi connectivity index (χ4v) is 3.98. The van der Waals surface area contributed by atoms with Gasteiger partial charge in [0.1, 0.15) is 10.6 Å². The molecule has 0 saturated heterocycles. The molecule has 0 aliphatic carbocycles. The van der Waals surface area contributed by atoms with Crippen LogP contribution in [0.4, 0.5) is 5.69 Å². The van der Waals surface area contributed by atoms with Crippen LogP contribution in [0.25, 0.3) is 10.8 Å². The summed E-state index contributed by atoms with van der Waals surface area (Å²) in [7, 11) is 2.17. The number of ether oxygens (including phenoxy) is 1. The summed E-state index contributed by atoms with van der Waals surface area (Å²) in [5.74, 6) is -0.119. The molecular formula is C21H22N2O4S. The van der Waals surface area contributed by atoms with E-state index in [2.05, 4.69) is 0 Å². The first-order valence-corrected chi connectivity index (χ1v) is 10.1. The predicted molar refractivity (Wildman–Crippen MR) is 111 cm³/mol. The van der Waals surface area contributed by atoms with Gasteiger partial charge in [0.05, 0.1) is 7.11 Å². The van der Waals surface area contributed by atoms with Crippen molar-refractivity contribution in [3.63, 3.8) is 0 Å². The second kappa shape index (κ2) is 7.61. The fraction of sp³-hybridized carbons (Fsp3) is 0.190. The molecule has 0 aliphatic rings. The van der Waals surface area contributed by atoms with Gasteiger partial charge in [-0.05, 0) is 41.1 Å². The van der Waals surface area contributed by atoms with Gasteiger partial charge in [0.15, 0.2) is 0 Å². The number of carbonyl (C=O) groups is 1. The monoisotopic (exact) mass is 398 g/mol. The smallest absolute Gasteiger partial charge is 0.258 e. The highest BCUT2D eigenvalue weighted by atomic mass is 32.2. The molecule has 3 aromatic rings. The maximum absolute atomic E-state index is 13.0. The standard InChI is InChI=1S/C21H22N2O4S/c1-22(2)28(25,26)20-14-17(10-12-19(20)27-4)21(24)23(3)18-11-9-15-7-5-6-8-16(15)13-18/h5-14H,1-4H3. The minimum Gasteiger partial charge on any atom is -0.495 e. The maximum Gasteiger partial charge on any atom is 0.258 e. The normalized spacial score (nSPS) is 11.6. The predicted octanol–water partition coefficient (Wildman–Crippen LogP) is 3.38. The van der Waals surface area contributed by atoms with E-state index in [9.17, 15) is 13.2 Å². The number of hydrogen-bond acceptors (Lipinski definition) is 4. The second-order valence-electron chi connectivity index (χ2n) is 6.55. The topological polar surface area (TPSA) is 66.9 Å². The molecule has 0 radical (unpaired) electrons. The molecule has 0 bridgehead atoms. The lowest BCUT2D eigenvalue weighted by molar-refractivity contribution is 0.0993. The van der Waals surface area contributed by atoms with E-state index in [-0.39, 0.29) is 22.1 Å². The highest BCUT2D eigenvalue weighted by Gasteiger charge is 2.25. The van der Waals surface area contributed by atoms with Crippen LogP contribution in [0.1, 0.15) is 10.4 Å². The van der Waals surface area contributed by atoms with Crippen molar-refractivity contribution in [2.45, 2.75) is 4.90 Å². The summed E-state index contributed by atoms with van der Waals surface area (Å²) in [4.78, 5) is 14.5. The van der Waals surface area contributed by atoms with Crippen molar-refractivity contribution >= 4 is 32.4 Å². The zero-order chi connectivity index (χ0) is 20.5. The number of amides is 1. The van der Waals surface area contributed by atoms with Crippen LogP contribution in [0.5, 0.6) is 5.75 Å². The molecule has 0 N–H and O–H groups in total. The summed E-state index contributed by atoms with van der Waals surface area (Å²) in [5.41, 5.74) is 0.980. The number of methoxy groups -OCH3 is 1. The molecule has 3 rings (SSSR count). The summed E-state index contributed by atoms with van der Waals surface area (Å²) >= 11 is 0. The molecule has 0 aliphatic heterocycles. The molecular weight excluding hydrogens is 376 g/mol. The Morgan fingerprint density at radius 3 is 2.21 bits per heavy atom. The summed E-state index contributed by atoms with van der Waals surface area (Å²) in [6, 6.07) is 18.0. The van der Waals surface area contributed by atoms with Gasteiger partial charge in [-0.2, -0.15) is 0 Å². The van der Waals surface area contributed by atoms with Crippen LogP contribution in [0, 0.1) is 0 Å². The number of benzene rings is 3. The molecule has 6 nitrogen and oxygen atoms in total. The van der Waals surface area contributed by atoms with Crippen LogP contribution in [-0.4, -0.2) is 46.9 Å². The molecule has 7 heteroatoms. The molecule has 0 heterocycles. The SMILES string of the molecule is COc1ccc(C(=O)N(C)c2ccc3ccccc3c2)cc1S(=O)(=O)N(C)C. The molecule has 0 saturated carbocycles. The molecule has 0 aromatic heterocycles. The van der Waals surface area contributed by atoms with Crippen LogP contribution in [0.15, 0.2) is 65.6 Å². The van der Waals surface area contributed by atoms with Crippen LogP contribution < -0.4 is 9.64 Å². The average molecular weight is 398 g/mol. The molecule has 0 fully saturated rings. The van der Waals surface area contributed by atoms with Gasteiger partial charge < -0.3 is 9.64 Å². The highest BCUT2D eigenvalue weighted by Crippen LogP contribution is 2.28. The zero-order valence-electron chi connectivity index (χ0n) is 16.2. The van der Waals surface area contributed by atoms with Crippen LogP contribution in [0.2, 0.25) is 0 Å². The Bertz CT molecular complexity index is 1140. The van der Waals surface area contributed by atoms with Crippen molar-refractivity contribution in [3.8, 4) is 5.75 Å². The van der Waals surface area contributed by atoms with E-state index in [0.717, 1.165) is 20.8 Å². The minimum atomic E-state index is -3.76. The molecule has 0 unspecified atom stereocenters. The second-order valence-corrected chi connectivity index (χ2v) is 8.67. The van der Waals surface area contributed by atoms with Crippen LogP contribution >= 0.6 is 0 Å². The number of sulfonamides is 1. The van der Waals surface area contributed by atoms with Crippen LogP contribution in [0.3, 0.4) is 0 Å². The van der Waals surface area contributed by atoms with Crippen molar-refractivity contribution in [3.05, 3.63) is 66.2 Å². The lowest BCUT2D eigenvalue weighted by Gasteiger charge is -2.20. The van der Waals surface area contributed by atoms with Crippen molar-refractivity contribution in [1.29, 1.82) is 0 Å². The van der Waals surface area contributed by atoms with Crippen LogP contribution in [-0.2, 0) is 10.0 Å². The van der Waals surface area contributed by atoms with Gasteiger partial charge in [-0.3, -0.25) is 4.79 Å². The first kappa shape index (κ1) is 19.9. The maximum atomic E-state index is 13.0. The third-order valence-electron chi connectivity index (χ3n) is 4.59. The Labute approximate surface area is 165 Å². The Balaban J connectivity index is 2.01. The molecule has 146 valence electrons. The third-order valence-corrected chi connectivity index (χ3v) is 6.43. The van der Waals surface area contributed by atoms with E-state index in [1.165, 1.54) is 38.2 Å². The molecule has 1 amide bonds. The van der Waals surface area contributed by atoms with E-state index in [1.54, 1.807) is 13.1 Å². The van der Waals surface area contributed by atoms with Crippen molar-refractivity contribution in [2.75, 3.05) is 33.2 Å². The van der Waals surface area contributed by atoms with Gasteiger partial charge >= 0.3 is 0 Å². The third kappa shape index (κ3) is 3.58. The molecule has 0 spiro atoms.